The molecule has 0 heterocycles. The predicted molar refractivity (Wildman–Crippen MR) is 123 cm³/mol. The fourth-order valence-corrected chi connectivity index (χ4v) is 4.13. The summed E-state index contributed by atoms with van der Waals surface area (Å²) in [6, 6.07) is 13.4. The molecule has 0 saturated heterocycles. The Kier molecular flexibility index (Phi) is 7.37. The van der Waals surface area contributed by atoms with Crippen LogP contribution >= 0.6 is 0 Å². The minimum Gasteiger partial charge on any atom is -0.490 e. The van der Waals surface area contributed by atoms with Crippen LogP contribution in [0.25, 0.3) is 0 Å². The third-order valence-electron chi connectivity index (χ3n) is 6.13. The number of carbonyl (C=O) groups is 2. The maximum Gasteiger partial charge on any atom is 0.341 e. The van der Waals surface area contributed by atoms with Crippen LogP contribution in [0.4, 0.5) is 5.69 Å². The van der Waals surface area contributed by atoms with Crippen LogP contribution in [0.3, 0.4) is 0 Å². The predicted octanol–water partition coefficient (Wildman–Crippen LogP) is 5.80. The number of aryl methyl sites for hydroxylation is 1. The van der Waals surface area contributed by atoms with Crippen LogP contribution in [-0.4, -0.2) is 24.6 Å². The van der Waals surface area contributed by atoms with E-state index in [1.54, 1.807) is 25.1 Å². The molecule has 0 aromatic heterocycles. The summed E-state index contributed by atoms with van der Waals surface area (Å²) in [6.07, 6.45) is 4.48. The van der Waals surface area contributed by atoms with Gasteiger partial charge in [0.1, 0.15) is 11.3 Å². The quantitative estimate of drug-likeness (QED) is 0.545. The van der Waals surface area contributed by atoms with E-state index in [0.29, 0.717) is 17.0 Å². The van der Waals surface area contributed by atoms with E-state index in [2.05, 4.69) is 29.6 Å². The van der Waals surface area contributed by atoms with Gasteiger partial charge in [0.15, 0.2) is 0 Å². The summed E-state index contributed by atoms with van der Waals surface area (Å²) in [4.78, 5) is 26.0. The van der Waals surface area contributed by atoms with E-state index in [9.17, 15) is 9.59 Å². The lowest BCUT2D eigenvalue weighted by molar-refractivity contribution is -0.121. The summed E-state index contributed by atoms with van der Waals surface area (Å²) >= 11 is 0. The number of rotatable bonds is 8. The topological polar surface area (TPSA) is 64.6 Å². The van der Waals surface area contributed by atoms with Crippen LogP contribution in [0.1, 0.15) is 74.4 Å². The Morgan fingerprint density at radius 1 is 1.06 bits per heavy atom. The number of ether oxygens (including phenoxy) is 2. The zero-order chi connectivity index (χ0) is 22.4. The highest BCUT2D eigenvalue weighted by Crippen LogP contribution is 2.42. The molecule has 1 amide bonds. The lowest BCUT2D eigenvalue weighted by Crippen LogP contribution is -2.38. The van der Waals surface area contributed by atoms with Crippen LogP contribution in [0.2, 0.25) is 0 Å². The van der Waals surface area contributed by atoms with Gasteiger partial charge in [0.05, 0.1) is 18.1 Å². The zero-order valence-corrected chi connectivity index (χ0v) is 19.0. The van der Waals surface area contributed by atoms with Crippen LogP contribution in [0.5, 0.6) is 5.75 Å². The van der Waals surface area contributed by atoms with E-state index in [1.807, 2.05) is 20.8 Å². The Morgan fingerprint density at radius 2 is 1.74 bits per heavy atom. The summed E-state index contributed by atoms with van der Waals surface area (Å²) in [5, 5.41) is 3.07. The summed E-state index contributed by atoms with van der Waals surface area (Å²) in [7, 11) is 0. The van der Waals surface area contributed by atoms with Gasteiger partial charge in [-0.3, -0.25) is 4.79 Å². The molecule has 31 heavy (non-hydrogen) atoms. The number of hydrogen-bond donors (Lipinski definition) is 1. The summed E-state index contributed by atoms with van der Waals surface area (Å²) in [5.74, 6) is -0.00909. The lowest BCUT2D eigenvalue weighted by Gasteiger charge is -2.28. The molecule has 2 aromatic rings. The molecule has 166 valence electrons. The van der Waals surface area contributed by atoms with Gasteiger partial charge < -0.3 is 14.8 Å². The van der Waals surface area contributed by atoms with Crippen molar-refractivity contribution in [1.29, 1.82) is 0 Å². The molecule has 5 heteroatoms. The number of nitrogens with one attached hydrogen (secondary N) is 1. The molecule has 1 aliphatic rings. The first kappa shape index (κ1) is 22.9. The summed E-state index contributed by atoms with van der Waals surface area (Å²) < 4.78 is 11.1. The van der Waals surface area contributed by atoms with Crippen LogP contribution in [-0.2, 0) is 14.9 Å². The molecular formula is C26H33NO4. The second-order valence-corrected chi connectivity index (χ2v) is 8.38. The maximum absolute atomic E-state index is 13.5. The van der Waals surface area contributed by atoms with Crippen molar-refractivity contribution in [2.45, 2.75) is 71.3 Å². The fraction of sp³-hybridized carbons (Fsp3) is 0.462. The van der Waals surface area contributed by atoms with Gasteiger partial charge in [0, 0.05) is 5.69 Å². The Hall–Kier alpha value is -2.82. The van der Waals surface area contributed by atoms with Crippen molar-refractivity contribution in [3.63, 3.8) is 0 Å². The van der Waals surface area contributed by atoms with Crippen LogP contribution < -0.4 is 10.1 Å². The average Bonchev–Trinajstić information content (AvgIpc) is 3.26. The zero-order valence-electron chi connectivity index (χ0n) is 19.0. The first-order chi connectivity index (χ1) is 14.9. The van der Waals surface area contributed by atoms with Gasteiger partial charge in [0.25, 0.3) is 0 Å². The van der Waals surface area contributed by atoms with E-state index < -0.39 is 11.4 Å². The first-order valence-corrected chi connectivity index (χ1v) is 11.3. The van der Waals surface area contributed by atoms with E-state index >= 15 is 0 Å². The molecule has 2 aromatic carbocycles. The van der Waals surface area contributed by atoms with Gasteiger partial charge in [-0.05, 0) is 63.8 Å². The van der Waals surface area contributed by atoms with E-state index in [4.69, 9.17) is 9.47 Å². The van der Waals surface area contributed by atoms with Gasteiger partial charge in [-0.25, -0.2) is 4.79 Å². The molecule has 1 aliphatic carbocycles. The number of esters is 1. The number of benzene rings is 2. The monoisotopic (exact) mass is 423 g/mol. The highest BCUT2D eigenvalue weighted by Gasteiger charge is 2.42. The molecule has 1 fully saturated rings. The Morgan fingerprint density at radius 3 is 2.35 bits per heavy atom. The van der Waals surface area contributed by atoms with Crippen molar-refractivity contribution < 1.29 is 19.1 Å². The molecule has 1 saturated carbocycles. The summed E-state index contributed by atoms with van der Waals surface area (Å²) in [5.41, 5.74) is 2.59. The second kappa shape index (κ2) is 9.99. The van der Waals surface area contributed by atoms with Gasteiger partial charge in [-0.15, -0.1) is 0 Å². The Labute approximate surface area is 185 Å². The SMILES string of the molecule is CCOC(=O)c1cc(NC(=O)C2(c3ccc(C)cc3)CCCC2)ccc1O[C@@H](C)CC. The third-order valence-corrected chi connectivity index (χ3v) is 6.13. The minimum absolute atomic E-state index is 0.0285. The van der Waals surface area contributed by atoms with Crippen molar-refractivity contribution in [3.8, 4) is 5.75 Å². The van der Waals surface area contributed by atoms with Gasteiger partial charge >= 0.3 is 5.97 Å². The first-order valence-electron chi connectivity index (χ1n) is 11.3. The molecule has 0 radical (unpaired) electrons. The van der Waals surface area contributed by atoms with Crippen molar-refractivity contribution in [3.05, 3.63) is 59.2 Å². The fourth-order valence-electron chi connectivity index (χ4n) is 4.13. The lowest BCUT2D eigenvalue weighted by atomic mass is 9.77. The molecule has 0 bridgehead atoms. The van der Waals surface area contributed by atoms with E-state index in [1.165, 1.54) is 5.56 Å². The molecule has 3 rings (SSSR count). The second-order valence-electron chi connectivity index (χ2n) is 8.38. The molecular weight excluding hydrogens is 390 g/mol. The van der Waals surface area contributed by atoms with E-state index in [0.717, 1.165) is 37.7 Å². The van der Waals surface area contributed by atoms with Gasteiger partial charge in [-0.1, -0.05) is 49.6 Å². The molecule has 1 N–H and O–H groups in total. The Bertz CT molecular complexity index is 914. The molecule has 0 spiro atoms. The van der Waals surface area contributed by atoms with Crippen molar-refractivity contribution in [2.24, 2.45) is 0 Å². The molecule has 5 nitrogen and oxygen atoms in total. The molecule has 0 aliphatic heterocycles. The average molecular weight is 424 g/mol. The van der Waals surface area contributed by atoms with Crippen LogP contribution in [0, 0.1) is 6.92 Å². The largest absolute Gasteiger partial charge is 0.490 e. The molecule has 0 unspecified atom stereocenters. The van der Waals surface area contributed by atoms with Crippen molar-refractivity contribution in [2.75, 3.05) is 11.9 Å². The standard InChI is InChI=1S/C26H33NO4/c1-5-19(4)31-23-14-13-21(17-22(23)24(28)30-6-2)27-25(29)26(15-7-8-16-26)20-11-9-18(3)10-12-20/h9-14,17,19H,5-8,15-16H2,1-4H3,(H,27,29)/t19-/m0/s1. The minimum atomic E-state index is -0.538. The maximum atomic E-state index is 13.5. The number of hydrogen-bond acceptors (Lipinski definition) is 4. The van der Waals surface area contributed by atoms with Gasteiger partial charge in [0.2, 0.25) is 5.91 Å². The third kappa shape index (κ3) is 5.09. The highest BCUT2D eigenvalue weighted by molar-refractivity contribution is 6.01. The smallest absolute Gasteiger partial charge is 0.341 e. The Balaban J connectivity index is 1.89. The van der Waals surface area contributed by atoms with Crippen molar-refractivity contribution >= 4 is 17.6 Å². The van der Waals surface area contributed by atoms with Gasteiger partial charge in [-0.2, -0.15) is 0 Å². The molecule has 1 atom stereocenters. The highest BCUT2D eigenvalue weighted by atomic mass is 16.5. The van der Waals surface area contributed by atoms with Crippen LogP contribution in [0.15, 0.2) is 42.5 Å². The number of carbonyl (C=O) groups excluding carboxylic acids is 2. The number of anilines is 1. The summed E-state index contributed by atoms with van der Waals surface area (Å²) in [6.45, 7) is 8.06. The van der Waals surface area contributed by atoms with Crippen molar-refractivity contribution in [1.82, 2.24) is 0 Å². The van der Waals surface area contributed by atoms with E-state index in [-0.39, 0.29) is 18.6 Å². The number of amides is 1. The normalized spacial score (nSPS) is 15.9.